The van der Waals surface area contributed by atoms with Crippen LogP contribution in [0.1, 0.15) is 19.6 Å². The molecule has 0 saturated carbocycles. The molecule has 0 saturated heterocycles. The number of hydrogen-bond donors (Lipinski definition) is 1. The van der Waals surface area contributed by atoms with Crippen molar-refractivity contribution in [3.05, 3.63) is 11.8 Å². The molecule has 0 atom stereocenters. The van der Waals surface area contributed by atoms with Gasteiger partial charge in [-0.1, -0.05) is 34.9 Å². The lowest BCUT2D eigenvalue weighted by atomic mass is 10.1. The number of aromatic nitrogens is 1. The number of anilines is 1. The summed E-state index contributed by atoms with van der Waals surface area (Å²) in [7, 11) is 0. The molecule has 0 fully saturated rings. The summed E-state index contributed by atoms with van der Waals surface area (Å²) in [5.41, 5.74) is 0. The van der Waals surface area contributed by atoms with E-state index in [1.165, 1.54) is 0 Å². The minimum absolute atomic E-state index is 0.130. The number of halogens is 1. The molecule has 4 nitrogen and oxygen atoms in total. The highest BCUT2D eigenvalue weighted by Gasteiger charge is 2.07. The summed E-state index contributed by atoms with van der Waals surface area (Å²) in [6, 6.07) is 1.75. The zero-order valence-electron chi connectivity index (χ0n) is 8.21. The van der Waals surface area contributed by atoms with E-state index in [-0.39, 0.29) is 11.2 Å². The molecule has 1 aromatic rings. The van der Waals surface area contributed by atoms with Crippen molar-refractivity contribution in [2.75, 3.05) is 10.6 Å². The summed E-state index contributed by atoms with van der Waals surface area (Å²) < 4.78 is 5.04. The van der Waals surface area contributed by atoms with Gasteiger partial charge in [-0.05, 0) is 5.92 Å². The highest BCUT2D eigenvalue weighted by Crippen LogP contribution is 2.12. The van der Waals surface area contributed by atoms with Crippen molar-refractivity contribution >= 4 is 27.7 Å². The van der Waals surface area contributed by atoms with Gasteiger partial charge in [-0.3, -0.25) is 4.79 Å². The van der Waals surface area contributed by atoms with Gasteiger partial charge < -0.3 is 9.84 Å². The van der Waals surface area contributed by atoms with Crippen LogP contribution in [-0.2, 0) is 11.2 Å². The van der Waals surface area contributed by atoms with Crippen LogP contribution in [0.4, 0.5) is 5.82 Å². The van der Waals surface area contributed by atoms with Crippen molar-refractivity contribution in [1.82, 2.24) is 5.16 Å². The van der Waals surface area contributed by atoms with Crippen LogP contribution in [0.3, 0.4) is 0 Å². The average molecular weight is 261 g/mol. The number of nitrogens with one attached hydrogen (secondary N) is 1. The molecule has 1 rings (SSSR count). The van der Waals surface area contributed by atoms with Crippen molar-refractivity contribution in [3.63, 3.8) is 0 Å². The van der Waals surface area contributed by atoms with Crippen molar-refractivity contribution in [1.29, 1.82) is 0 Å². The Kier molecular flexibility index (Phi) is 4.13. The first kappa shape index (κ1) is 11.2. The topological polar surface area (TPSA) is 55.1 Å². The number of hydrogen-bond acceptors (Lipinski definition) is 3. The Labute approximate surface area is 91.2 Å². The normalized spacial score (nSPS) is 10.6. The lowest BCUT2D eigenvalue weighted by Crippen LogP contribution is -2.12. The summed E-state index contributed by atoms with van der Waals surface area (Å²) in [5, 5.41) is 6.59. The van der Waals surface area contributed by atoms with Gasteiger partial charge in [0.05, 0.1) is 5.33 Å². The predicted octanol–water partition coefficient (Wildman–Crippen LogP) is 2.21. The van der Waals surface area contributed by atoms with E-state index in [9.17, 15) is 4.79 Å². The van der Waals surface area contributed by atoms with Crippen LogP contribution in [0.5, 0.6) is 0 Å². The van der Waals surface area contributed by atoms with Crippen LogP contribution in [-0.4, -0.2) is 16.4 Å². The molecule has 5 heteroatoms. The molecule has 0 aromatic carbocycles. The third-order valence-electron chi connectivity index (χ3n) is 1.56. The van der Waals surface area contributed by atoms with Gasteiger partial charge >= 0.3 is 0 Å². The zero-order chi connectivity index (χ0) is 10.6. The first-order valence-corrected chi connectivity index (χ1v) is 5.55. The van der Waals surface area contributed by atoms with Crippen LogP contribution < -0.4 is 5.32 Å². The molecule has 0 aliphatic rings. The summed E-state index contributed by atoms with van der Waals surface area (Å²) in [5.74, 6) is 1.66. The molecule has 0 radical (unpaired) electrons. The molecule has 1 N–H and O–H groups in total. The highest BCUT2D eigenvalue weighted by molar-refractivity contribution is 9.09. The number of carbonyl (C=O) groups excluding carboxylic acids is 1. The minimum atomic E-state index is -0.130. The molecule has 1 amide bonds. The molecule has 0 aliphatic carbocycles. The van der Waals surface area contributed by atoms with Crippen molar-refractivity contribution < 1.29 is 9.32 Å². The molecular formula is C9H13BrN2O2. The third-order valence-corrected chi connectivity index (χ3v) is 2.07. The maximum Gasteiger partial charge on any atom is 0.236 e. The van der Waals surface area contributed by atoms with Gasteiger partial charge in [-0.25, -0.2) is 0 Å². The second kappa shape index (κ2) is 5.14. The second-order valence-corrected chi connectivity index (χ2v) is 4.02. The Morgan fingerprint density at radius 2 is 2.43 bits per heavy atom. The maximum atomic E-state index is 11.0. The van der Waals surface area contributed by atoms with Gasteiger partial charge in [0.15, 0.2) is 5.82 Å². The first-order chi connectivity index (χ1) is 6.61. The van der Waals surface area contributed by atoms with Gasteiger partial charge in [0.2, 0.25) is 5.91 Å². The highest BCUT2D eigenvalue weighted by atomic mass is 79.9. The smallest absolute Gasteiger partial charge is 0.236 e. The van der Waals surface area contributed by atoms with E-state index in [2.05, 4.69) is 40.3 Å². The van der Waals surface area contributed by atoms with Crippen LogP contribution in [0.2, 0.25) is 0 Å². The Hall–Kier alpha value is -0.840. The Bertz CT molecular complexity index is 310. The van der Waals surface area contributed by atoms with E-state index in [1.807, 2.05) is 0 Å². The molecular weight excluding hydrogens is 248 g/mol. The van der Waals surface area contributed by atoms with Crippen molar-refractivity contribution in [2.24, 2.45) is 5.92 Å². The fourth-order valence-corrected chi connectivity index (χ4v) is 1.19. The zero-order valence-corrected chi connectivity index (χ0v) is 9.80. The summed E-state index contributed by atoms with van der Waals surface area (Å²) in [4.78, 5) is 11.0. The standard InChI is InChI=1S/C9H13BrN2O2/c1-6(2)3-7-4-8(12-14-7)11-9(13)5-10/h4,6H,3,5H2,1-2H3,(H,11,12,13). The Morgan fingerprint density at radius 1 is 1.71 bits per heavy atom. The SMILES string of the molecule is CC(C)Cc1cc(NC(=O)CBr)no1. The predicted molar refractivity (Wildman–Crippen MR) is 57.5 cm³/mol. The lowest BCUT2D eigenvalue weighted by molar-refractivity contribution is -0.113. The molecule has 14 heavy (non-hydrogen) atoms. The molecule has 78 valence electrons. The molecule has 0 unspecified atom stereocenters. The number of carbonyl (C=O) groups is 1. The van der Waals surface area contributed by atoms with E-state index < -0.39 is 0 Å². The van der Waals surface area contributed by atoms with Crippen LogP contribution in [0, 0.1) is 5.92 Å². The molecule has 0 spiro atoms. The van der Waals surface area contributed by atoms with Crippen LogP contribution in [0.15, 0.2) is 10.6 Å². The summed E-state index contributed by atoms with van der Waals surface area (Å²) in [6.45, 7) is 4.19. The van der Waals surface area contributed by atoms with Gasteiger partial charge in [0, 0.05) is 12.5 Å². The van der Waals surface area contributed by atoms with Gasteiger partial charge in [-0.2, -0.15) is 0 Å². The van der Waals surface area contributed by atoms with Crippen molar-refractivity contribution in [2.45, 2.75) is 20.3 Å². The van der Waals surface area contributed by atoms with Crippen LogP contribution >= 0.6 is 15.9 Å². The first-order valence-electron chi connectivity index (χ1n) is 4.43. The molecule has 0 aliphatic heterocycles. The molecule has 0 bridgehead atoms. The maximum absolute atomic E-state index is 11.0. The number of nitrogens with zero attached hydrogens (tertiary/aromatic N) is 1. The fraction of sp³-hybridized carbons (Fsp3) is 0.556. The molecule has 1 aromatic heterocycles. The second-order valence-electron chi connectivity index (χ2n) is 3.46. The average Bonchev–Trinajstić information content (AvgIpc) is 2.51. The van der Waals surface area contributed by atoms with E-state index in [1.54, 1.807) is 6.07 Å². The van der Waals surface area contributed by atoms with E-state index in [4.69, 9.17) is 4.52 Å². The van der Waals surface area contributed by atoms with Gasteiger partial charge in [-0.15, -0.1) is 0 Å². The van der Waals surface area contributed by atoms with E-state index in [0.717, 1.165) is 12.2 Å². The van der Waals surface area contributed by atoms with E-state index in [0.29, 0.717) is 11.7 Å². The Balaban J connectivity index is 2.55. The van der Waals surface area contributed by atoms with Gasteiger partial charge in [0.1, 0.15) is 5.76 Å². The number of amides is 1. The quantitative estimate of drug-likeness (QED) is 0.845. The lowest BCUT2D eigenvalue weighted by Gasteiger charge is -1.97. The monoisotopic (exact) mass is 260 g/mol. The van der Waals surface area contributed by atoms with Gasteiger partial charge in [0.25, 0.3) is 0 Å². The largest absolute Gasteiger partial charge is 0.359 e. The summed E-state index contributed by atoms with van der Waals surface area (Å²) >= 11 is 3.05. The van der Waals surface area contributed by atoms with Crippen molar-refractivity contribution in [3.8, 4) is 0 Å². The fourth-order valence-electron chi connectivity index (χ4n) is 1.05. The number of alkyl halides is 1. The third kappa shape index (κ3) is 3.49. The summed E-state index contributed by atoms with van der Waals surface area (Å²) in [6.07, 6.45) is 0.831. The molecule has 1 heterocycles. The minimum Gasteiger partial charge on any atom is -0.359 e. The van der Waals surface area contributed by atoms with Crippen LogP contribution in [0.25, 0.3) is 0 Å². The Morgan fingerprint density at radius 3 is 3.00 bits per heavy atom. The van der Waals surface area contributed by atoms with E-state index >= 15 is 0 Å². The number of rotatable bonds is 4.